The predicted molar refractivity (Wildman–Crippen MR) is 68.4 cm³/mol. The molecule has 2 rings (SSSR count). The van der Waals surface area contributed by atoms with Crippen LogP contribution < -0.4 is 0 Å². The van der Waals surface area contributed by atoms with E-state index in [1.165, 1.54) is 27.8 Å². The van der Waals surface area contributed by atoms with Crippen LogP contribution >= 0.6 is 0 Å². The number of benzene rings is 2. The molecular formula is C16H16Y4-2. The molecule has 0 aliphatic heterocycles. The normalized spacial score (nSPS) is 8.35. The van der Waals surface area contributed by atoms with Crippen molar-refractivity contribution in [1.82, 2.24) is 0 Å². The maximum Gasteiger partial charge on any atom is 0 e. The molecule has 0 amide bonds. The van der Waals surface area contributed by atoms with E-state index in [9.17, 15) is 0 Å². The Bertz CT molecular complexity index is 495. The molecule has 20 heavy (non-hydrogen) atoms. The van der Waals surface area contributed by atoms with Crippen LogP contribution in [-0.2, 0) is 137 Å². The third-order valence-corrected chi connectivity index (χ3v) is 2.89. The molecule has 0 bridgehead atoms. The van der Waals surface area contributed by atoms with E-state index in [1.54, 1.807) is 0 Å². The van der Waals surface area contributed by atoms with Gasteiger partial charge in [0.05, 0.1) is 0 Å². The summed E-state index contributed by atoms with van der Waals surface area (Å²) in [6.07, 6.45) is 1.02. The number of hydrogen-bond donors (Lipinski definition) is 0. The first kappa shape index (κ1) is 27.7. The van der Waals surface area contributed by atoms with Crippen molar-refractivity contribution >= 4 is 0 Å². The maximum absolute atomic E-state index is 3.52. The summed E-state index contributed by atoms with van der Waals surface area (Å²) in [6.45, 7) is 6.37. The Labute approximate surface area is 223 Å². The topological polar surface area (TPSA) is 0 Å². The molecule has 0 unspecified atom stereocenters. The van der Waals surface area contributed by atoms with Gasteiger partial charge in [-0.3, -0.25) is 17.7 Å². The second kappa shape index (κ2) is 14.2. The maximum atomic E-state index is 3.52. The van der Waals surface area contributed by atoms with Gasteiger partial charge in [0.25, 0.3) is 0 Å². The third kappa shape index (κ3) is 7.62. The summed E-state index contributed by atoms with van der Waals surface area (Å²) in [6, 6.07) is 17.4. The van der Waals surface area contributed by atoms with Gasteiger partial charge in [-0.2, -0.15) is 5.56 Å². The summed E-state index contributed by atoms with van der Waals surface area (Å²) in [4.78, 5) is 0. The van der Waals surface area contributed by atoms with Crippen molar-refractivity contribution in [3.8, 4) is 11.1 Å². The zero-order valence-electron chi connectivity index (χ0n) is 12.4. The van der Waals surface area contributed by atoms with Crippen molar-refractivity contribution < 1.29 is 131 Å². The first-order valence-electron chi connectivity index (χ1n) is 5.72. The van der Waals surface area contributed by atoms with Gasteiger partial charge in [0.2, 0.25) is 0 Å². The summed E-state index contributed by atoms with van der Waals surface area (Å²) in [5.74, 6) is 0. The summed E-state index contributed by atoms with van der Waals surface area (Å²) < 4.78 is 0. The van der Waals surface area contributed by atoms with Crippen molar-refractivity contribution in [1.29, 1.82) is 0 Å². The van der Waals surface area contributed by atoms with Crippen LogP contribution in [0.1, 0.15) is 23.6 Å². The van der Waals surface area contributed by atoms with Gasteiger partial charge in [-0.05, 0) is 0 Å². The molecule has 0 saturated carbocycles. The predicted octanol–water partition coefficient (Wildman–Crippen LogP) is 4.12. The molecule has 94 valence electrons. The van der Waals surface area contributed by atoms with Crippen molar-refractivity contribution in [3.63, 3.8) is 0 Å². The minimum absolute atomic E-state index is 0. The second-order valence-electron chi connectivity index (χ2n) is 4.07. The average molecular weight is 564 g/mol. The summed E-state index contributed by atoms with van der Waals surface area (Å²) >= 11 is 0. The van der Waals surface area contributed by atoms with Gasteiger partial charge in [0.15, 0.2) is 0 Å². The Morgan fingerprint density at radius 3 is 1.85 bits per heavy atom. The van der Waals surface area contributed by atoms with E-state index >= 15 is 0 Å². The number of hydrogen-bond acceptors (Lipinski definition) is 0. The van der Waals surface area contributed by atoms with Gasteiger partial charge in [0, 0.05) is 131 Å². The fourth-order valence-corrected chi connectivity index (χ4v) is 2.00. The van der Waals surface area contributed by atoms with Crippen LogP contribution in [0.15, 0.2) is 30.3 Å². The SMILES string of the molecule is CCc1[c-]c(-c2ccccc2)c(C)[c-]c1C.[Y].[Y].[Y].[Y]. The van der Waals surface area contributed by atoms with Crippen LogP contribution in [0, 0.1) is 26.0 Å². The molecule has 4 heteroatoms. The Morgan fingerprint density at radius 2 is 1.35 bits per heavy atom. The molecule has 0 aliphatic carbocycles. The van der Waals surface area contributed by atoms with Crippen LogP contribution in [-0.4, -0.2) is 0 Å². The third-order valence-electron chi connectivity index (χ3n) is 2.89. The van der Waals surface area contributed by atoms with Gasteiger partial charge >= 0.3 is 0 Å². The standard InChI is InChI=1S/C16H16.4Y/c1-4-14-11-16(13(3)10-12(14)2)15-8-6-5-7-9-15;;;;/h5-9H,4H2,1-3H3;;;;/q-2;;;;. The molecule has 4 radical (unpaired) electrons. The van der Waals surface area contributed by atoms with Gasteiger partial charge in [-0.1, -0.05) is 45.4 Å². The van der Waals surface area contributed by atoms with Crippen molar-refractivity contribution in [2.75, 3.05) is 0 Å². The first-order chi connectivity index (χ1) is 7.72. The van der Waals surface area contributed by atoms with Crippen LogP contribution in [0.3, 0.4) is 0 Å². The molecule has 0 nitrogen and oxygen atoms in total. The van der Waals surface area contributed by atoms with Crippen LogP contribution in [0.4, 0.5) is 0 Å². The van der Waals surface area contributed by atoms with E-state index in [2.05, 4.69) is 57.2 Å². The number of aryl methyl sites for hydroxylation is 3. The smallest absolute Gasteiger partial charge is 0 e. The molecule has 2 aromatic rings. The Morgan fingerprint density at radius 1 is 0.800 bits per heavy atom. The monoisotopic (exact) mass is 564 g/mol. The summed E-state index contributed by atoms with van der Waals surface area (Å²) in [7, 11) is 0. The zero-order valence-corrected chi connectivity index (χ0v) is 23.8. The quantitative estimate of drug-likeness (QED) is 0.483. The molecule has 2 aromatic carbocycles. The van der Waals surface area contributed by atoms with Crippen LogP contribution in [0.2, 0.25) is 0 Å². The molecular weight excluding hydrogens is 548 g/mol. The Kier molecular flexibility index (Phi) is 19.7. The summed E-state index contributed by atoms with van der Waals surface area (Å²) in [5, 5.41) is 0. The molecule has 0 fully saturated rings. The molecule has 0 aliphatic rings. The van der Waals surface area contributed by atoms with E-state index in [0.29, 0.717) is 0 Å². The molecule has 0 N–H and O–H groups in total. The van der Waals surface area contributed by atoms with Crippen LogP contribution in [0.5, 0.6) is 0 Å². The average Bonchev–Trinajstić information content (AvgIpc) is 2.30. The van der Waals surface area contributed by atoms with Gasteiger partial charge < -0.3 is 0 Å². The molecule has 0 aromatic heterocycles. The van der Waals surface area contributed by atoms with E-state index in [0.717, 1.165) is 6.42 Å². The first-order valence-corrected chi connectivity index (χ1v) is 5.72. The number of rotatable bonds is 2. The van der Waals surface area contributed by atoms with E-state index in [1.807, 2.05) is 6.07 Å². The van der Waals surface area contributed by atoms with Crippen LogP contribution in [0.25, 0.3) is 11.1 Å². The van der Waals surface area contributed by atoms with Gasteiger partial charge in [-0.15, -0.1) is 12.1 Å². The van der Waals surface area contributed by atoms with Crippen molar-refractivity contribution in [2.24, 2.45) is 0 Å². The Balaban J connectivity index is -0.000000722. The largest absolute Gasteiger partial charge is 0.279 e. The van der Waals surface area contributed by atoms with E-state index in [-0.39, 0.29) is 131 Å². The molecule has 0 spiro atoms. The van der Waals surface area contributed by atoms with Crippen molar-refractivity contribution in [2.45, 2.75) is 27.2 Å². The molecule has 0 saturated heterocycles. The molecule has 0 heterocycles. The second-order valence-corrected chi connectivity index (χ2v) is 4.07. The zero-order chi connectivity index (χ0) is 11.5. The molecule has 0 atom stereocenters. The minimum atomic E-state index is 0. The van der Waals surface area contributed by atoms with E-state index < -0.39 is 0 Å². The fourth-order valence-electron chi connectivity index (χ4n) is 2.00. The summed E-state index contributed by atoms with van der Waals surface area (Å²) in [5.41, 5.74) is 6.08. The Hall–Kier alpha value is 2.86. The van der Waals surface area contributed by atoms with E-state index in [4.69, 9.17) is 0 Å². The van der Waals surface area contributed by atoms with Crippen molar-refractivity contribution in [3.05, 3.63) is 59.2 Å². The fraction of sp³-hybridized carbons (Fsp3) is 0.250. The minimum Gasteiger partial charge on any atom is -0.279 e. The van der Waals surface area contributed by atoms with Gasteiger partial charge in [-0.25, -0.2) is 16.7 Å². The van der Waals surface area contributed by atoms with Gasteiger partial charge in [0.1, 0.15) is 0 Å².